The summed E-state index contributed by atoms with van der Waals surface area (Å²) in [5.41, 5.74) is 0.865. The summed E-state index contributed by atoms with van der Waals surface area (Å²) in [5, 5.41) is 0. The van der Waals surface area contributed by atoms with E-state index in [2.05, 4.69) is 4.74 Å². The monoisotopic (exact) mass is 361 g/mol. The van der Waals surface area contributed by atoms with E-state index in [1.807, 2.05) is 0 Å². The average Bonchev–Trinajstić information content (AvgIpc) is 2.98. The van der Waals surface area contributed by atoms with Gasteiger partial charge in [0.1, 0.15) is 0 Å². The summed E-state index contributed by atoms with van der Waals surface area (Å²) in [7, 11) is -4.02. The molecule has 0 spiro atoms. The molecule has 0 atom stereocenters. The molecule has 0 aromatic heterocycles. The molecule has 1 heterocycles. The largest absolute Gasteiger partial charge is 0.491 e. The van der Waals surface area contributed by atoms with Crippen LogP contribution in [0.3, 0.4) is 0 Å². The lowest BCUT2D eigenvalue weighted by atomic mass is 10.2. The molecule has 9 heteroatoms. The molecule has 128 valence electrons. The molecule has 2 aromatic rings. The maximum absolute atomic E-state index is 14.1. The fourth-order valence-electron chi connectivity index (χ4n) is 2.66. The zero-order chi connectivity index (χ0) is 17.6. The number of nitrogens with zero attached hydrogens (tertiary/aromatic N) is 1. The van der Waals surface area contributed by atoms with Crippen molar-refractivity contribution in [3.63, 3.8) is 0 Å². The Morgan fingerprint density at radius 1 is 1.00 bits per heavy atom. The number of halogens is 4. The van der Waals surface area contributed by atoms with Crippen LogP contribution in [-0.2, 0) is 16.4 Å². The van der Waals surface area contributed by atoms with Crippen molar-refractivity contribution in [1.82, 2.24) is 0 Å². The van der Waals surface area contributed by atoms with Gasteiger partial charge in [-0.3, -0.25) is 4.31 Å². The Labute approximate surface area is 135 Å². The van der Waals surface area contributed by atoms with E-state index in [4.69, 9.17) is 0 Å². The van der Waals surface area contributed by atoms with Gasteiger partial charge in [0.25, 0.3) is 10.0 Å². The number of rotatable bonds is 3. The van der Waals surface area contributed by atoms with E-state index < -0.39 is 43.9 Å². The van der Waals surface area contributed by atoms with Gasteiger partial charge < -0.3 is 4.74 Å². The van der Waals surface area contributed by atoms with Crippen LogP contribution in [0.4, 0.5) is 23.2 Å². The molecule has 1 aliphatic rings. The maximum Gasteiger partial charge on any atom is 0.270 e. The molecule has 0 unspecified atom stereocenters. The molecular weight excluding hydrogens is 350 g/mol. The third-order valence-electron chi connectivity index (χ3n) is 3.78. The molecular formula is C15H11F4NO3S. The first-order valence-electron chi connectivity index (χ1n) is 6.81. The van der Waals surface area contributed by atoms with Gasteiger partial charge in [0, 0.05) is 6.54 Å². The van der Waals surface area contributed by atoms with E-state index >= 15 is 0 Å². The number of sulfonamides is 1. The number of fused-ring (bicyclic) bond motifs is 1. The van der Waals surface area contributed by atoms with Gasteiger partial charge in [0.2, 0.25) is 11.6 Å². The molecule has 0 fully saturated rings. The smallest absolute Gasteiger partial charge is 0.270 e. The summed E-state index contributed by atoms with van der Waals surface area (Å²) < 4.78 is 86.2. The highest BCUT2D eigenvalue weighted by Crippen LogP contribution is 2.37. The van der Waals surface area contributed by atoms with Crippen LogP contribution >= 0.6 is 0 Å². The lowest BCUT2D eigenvalue weighted by molar-refractivity contribution is 0.322. The van der Waals surface area contributed by atoms with E-state index in [-0.39, 0.29) is 12.2 Å². The minimum absolute atomic E-state index is 0.0875. The zero-order valence-electron chi connectivity index (χ0n) is 12.3. The maximum atomic E-state index is 14.1. The van der Waals surface area contributed by atoms with Crippen molar-refractivity contribution in [3.8, 4) is 5.75 Å². The van der Waals surface area contributed by atoms with Crippen molar-refractivity contribution in [1.29, 1.82) is 0 Å². The first kappa shape index (κ1) is 16.6. The van der Waals surface area contributed by atoms with Crippen molar-refractivity contribution in [2.75, 3.05) is 18.0 Å². The molecule has 0 amide bonds. The van der Waals surface area contributed by atoms with E-state index in [9.17, 15) is 26.0 Å². The third kappa shape index (κ3) is 2.22. The highest BCUT2D eigenvalue weighted by atomic mass is 32.2. The second-order valence-corrected chi connectivity index (χ2v) is 6.87. The van der Waals surface area contributed by atoms with Crippen molar-refractivity contribution >= 4 is 15.7 Å². The minimum atomic E-state index is -4.84. The zero-order valence-corrected chi connectivity index (χ0v) is 13.1. The lowest BCUT2D eigenvalue weighted by Crippen LogP contribution is -2.31. The van der Waals surface area contributed by atoms with Gasteiger partial charge in [-0.2, -0.15) is 8.78 Å². The fraction of sp³-hybridized carbons (Fsp3) is 0.200. The third-order valence-corrected chi connectivity index (χ3v) is 5.61. The summed E-state index contributed by atoms with van der Waals surface area (Å²) in [6.07, 6.45) is 0.319. The molecule has 24 heavy (non-hydrogen) atoms. The Morgan fingerprint density at radius 3 is 2.17 bits per heavy atom. The topological polar surface area (TPSA) is 46.6 Å². The van der Waals surface area contributed by atoms with Gasteiger partial charge in [-0.05, 0) is 18.1 Å². The van der Waals surface area contributed by atoms with Crippen molar-refractivity contribution in [2.24, 2.45) is 0 Å². The summed E-state index contributed by atoms with van der Waals surface area (Å²) in [6, 6.07) is 6.34. The van der Waals surface area contributed by atoms with E-state index in [1.54, 1.807) is 18.2 Å². The predicted octanol–water partition coefficient (Wildman–Crippen LogP) is 3.00. The van der Waals surface area contributed by atoms with Crippen LogP contribution < -0.4 is 9.04 Å². The number of benzene rings is 2. The quantitative estimate of drug-likeness (QED) is 0.624. The second kappa shape index (κ2) is 5.66. The van der Waals surface area contributed by atoms with Crippen LogP contribution in [0.2, 0.25) is 0 Å². The number of anilines is 1. The van der Waals surface area contributed by atoms with Gasteiger partial charge in [-0.15, -0.1) is 0 Å². The fourth-order valence-corrected chi connectivity index (χ4v) is 4.29. The number of para-hydroxylation sites is 1. The van der Waals surface area contributed by atoms with Crippen LogP contribution in [0.25, 0.3) is 0 Å². The van der Waals surface area contributed by atoms with Gasteiger partial charge in [-0.1, -0.05) is 18.2 Å². The number of methoxy groups -OCH3 is 1. The van der Waals surface area contributed by atoms with Gasteiger partial charge in [0.15, 0.2) is 22.3 Å². The second-order valence-electron chi connectivity index (χ2n) is 5.07. The van der Waals surface area contributed by atoms with E-state index in [0.717, 1.165) is 11.4 Å². The average molecular weight is 361 g/mol. The lowest BCUT2D eigenvalue weighted by Gasteiger charge is -2.21. The van der Waals surface area contributed by atoms with Crippen molar-refractivity contribution in [3.05, 3.63) is 53.1 Å². The number of hydrogen-bond donors (Lipinski definition) is 0. The molecule has 0 aliphatic carbocycles. The normalized spacial score (nSPS) is 14.0. The van der Waals surface area contributed by atoms with Gasteiger partial charge in [0.05, 0.1) is 12.8 Å². The molecule has 3 rings (SSSR count). The van der Waals surface area contributed by atoms with E-state index in [1.165, 1.54) is 6.07 Å². The Bertz CT molecular complexity index is 902. The van der Waals surface area contributed by atoms with Crippen LogP contribution in [0, 0.1) is 23.3 Å². The van der Waals surface area contributed by atoms with Gasteiger partial charge >= 0.3 is 0 Å². The first-order valence-corrected chi connectivity index (χ1v) is 8.25. The summed E-state index contributed by atoms with van der Waals surface area (Å²) in [6.45, 7) is -0.0875. The van der Waals surface area contributed by atoms with E-state index in [0.29, 0.717) is 12.0 Å². The molecule has 1 aliphatic heterocycles. The highest BCUT2D eigenvalue weighted by molar-refractivity contribution is 7.92. The molecule has 2 aromatic carbocycles. The van der Waals surface area contributed by atoms with Crippen LogP contribution in [0.15, 0.2) is 29.2 Å². The Hall–Kier alpha value is -2.29. The summed E-state index contributed by atoms with van der Waals surface area (Å²) in [5.74, 6) is -9.15. The van der Waals surface area contributed by atoms with Crippen LogP contribution in [0.5, 0.6) is 5.75 Å². The molecule has 0 saturated carbocycles. The van der Waals surface area contributed by atoms with Crippen molar-refractivity contribution < 1.29 is 30.7 Å². The number of hydrogen-bond acceptors (Lipinski definition) is 3. The van der Waals surface area contributed by atoms with Crippen LogP contribution in [-0.4, -0.2) is 22.1 Å². The SMILES string of the molecule is COc1c(F)c(F)c(S(=O)(=O)N2CCc3ccccc32)c(F)c1F. The molecule has 0 N–H and O–H groups in total. The molecule has 0 bridgehead atoms. The Balaban J connectivity index is 2.23. The molecule has 0 radical (unpaired) electrons. The summed E-state index contributed by atoms with van der Waals surface area (Å²) >= 11 is 0. The predicted molar refractivity (Wildman–Crippen MR) is 77.5 cm³/mol. The number of ether oxygens (including phenoxy) is 1. The van der Waals surface area contributed by atoms with Gasteiger partial charge in [-0.25, -0.2) is 17.2 Å². The Morgan fingerprint density at radius 2 is 1.58 bits per heavy atom. The minimum Gasteiger partial charge on any atom is -0.491 e. The standard InChI is InChI=1S/C15H11F4NO3S/c1-23-14-10(16)12(18)15(13(19)11(14)17)24(21,22)20-7-6-8-4-2-3-5-9(8)20/h2-5H,6-7H2,1H3. The molecule has 4 nitrogen and oxygen atoms in total. The highest BCUT2D eigenvalue weighted by Gasteiger charge is 2.39. The molecule has 0 saturated heterocycles. The first-order chi connectivity index (χ1) is 11.3. The van der Waals surface area contributed by atoms with Crippen LogP contribution in [0.1, 0.15) is 5.56 Å². The Kier molecular flexibility index (Phi) is 3.90. The summed E-state index contributed by atoms with van der Waals surface area (Å²) in [4.78, 5) is -1.67. The van der Waals surface area contributed by atoms with Crippen molar-refractivity contribution in [2.45, 2.75) is 11.3 Å².